The maximum atomic E-state index is 15.6. The first kappa shape index (κ1) is 25.9. The van der Waals surface area contributed by atoms with Crippen LogP contribution >= 0.6 is 0 Å². The number of fused-ring (bicyclic) bond motifs is 3. The van der Waals surface area contributed by atoms with Crippen molar-refractivity contribution < 1.29 is 18.7 Å². The summed E-state index contributed by atoms with van der Waals surface area (Å²) in [5, 5.41) is 5.28. The van der Waals surface area contributed by atoms with Crippen molar-refractivity contribution in [2.24, 2.45) is 24.8 Å². The van der Waals surface area contributed by atoms with Gasteiger partial charge in [0, 0.05) is 36.2 Å². The second-order valence-corrected chi connectivity index (χ2v) is 10.9. The summed E-state index contributed by atoms with van der Waals surface area (Å²) in [6.45, 7) is 0.0896. The van der Waals surface area contributed by atoms with Gasteiger partial charge in [-0.2, -0.15) is 5.10 Å². The number of benzene rings is 2. The zero-order valence-corrected chi connectivity index (χ0v) is 22.6. The van der Waals surface area contributed by atoms with Gasteiger partial charge in [-0.15, -0.1) is 0 Å². The molecule has 2 aromatic carbocycles. The average molecular weight is 539 g/mol. The summed E-state index contributed by atoms with van der Waals surface area (Å²) in [6.07, 6.45) is 12.2. The highest BCUT2D eigenvalue weighted by atomic mass is 19.1. The molecule has 2 fully saturated rings. The lowest BCUT2D eigenvalue weighted by Gasteiger charge is -2.30. The van der Waals surface area contributed by atoms with E-state index < -0.39 is 5.97 Å². The number of esters is 1. The van der Waals surface area contributed by atoms with Crippen molar-refractivity contribution in [3.63, 3.8) is 0 Å². The molecular formula is C32H31FN4O3. The van der Waals surface area contributed by atoms with Crippen LogP contribution in [-0.2, 0) is 27.9 Å². The number of nitrogens with zero attached hydrogens (tertiary/aromatic N) is 4. The third kappa shape index (κ3) is 5.01. The number of aromatic nitrogens is 3. The normalized spacial score (nSPS) is 19.9. The van der Waals surface area contributed by atoms with Crippen molar-refractivity contribution >= 4 is 34.5 Å². The molecule has 40 heavy (non-hydrogen) atoms. The molecule has 0 spiro atoms. The standard InChI is InChI=1S/C32H31FN4O3/c1-36-30-9-8-22(14-26(30)17-35-36)23-6-7-25(29(33)15-23)19-37(32(39)28-13-20-3-5-24(28)11-20)27-12-21(16-34-18-27)4-10-31(38)40-2/h4,6-10,12,14-18,20,24,28H,3,5,11,13,19H2,1-2H3/b10-4+/t20-,24+,28-/m1/s1. The van der Waals surface area contributed by atoms with E-state index in [1.54, 1.807) is 46.4 Å². The maximum absolute atomic E-state index is 15.6. The lowest BCUT2D eigenvalue weighted by Crippen LogP contribution is -2.38. The van der Waals surface area contributed by atoms with Gasteiger partial charge >= 0.3 is 5.97 Å². The van der Waals surface area contributed by atoms with E-state index in [0.29, 0.717) is 28.7 Å². The number of halogens is 1. The van der Waals surface area contributed by atoms with Crippen LogP contribution in [0.4, 0.5) is 10.1 Å². The molecule has 2 aliphatic carbocycles. The molecule has 4 aromatic rings. The van der Waals surface area contributed by atoms with Crippen molar-refractivity contribution in [2.45, 2.75) is 32.2 Å². The highest BCUT2D eigenvalue weighted by Crippen LogP contribution is 2.49. The second-order valence-electron chi connectivity index (χ2n) is 10.9. The van der Waals surface area contributed by atoms with Gasteiger partial charge < -0.3 is 9.64 Å². The van der Waals surface area contributed by atoms with E-state index in [2.05, 4.69) is 14.8 Å². The minimum absolute atomic E-state index is 0.00797. The van der Waals surface area contributed by atoms with Gasteiger partial charge in [0.05, 0.1) is 37.3 Å². The van der Waals surface area contributed by atoms with E-state index >= 15 is 4.39 Å². The van der Waals surface area contributed by atoms with Gasteiger partial charge in [-0.25, -0.2) is 9.18 Å². The Morgan fingerprint density at radius 2 is 1.90 bits per heavy atom. The minimum Gasteiger partial charge on any atom is -0.466 e. The Morgan fingerprint density at radius 1 is 1.07 bits per heavy atom. The summed E-state index contributed by atoms with van der Waals surface area (Å²) in [6, 6.07) is 12.9. The van der Waals surface area contributed by atoms with Crippen LogP contribution in [0.25, 0.3) is 28.1 Å². The summed E-state index contributed by atoms with van der Waals surface area (Å²) < 4.78 is 22.1. The summed E-state index contributed by atoms with van der Waals surface area (Å²) >= 11 is 0. The van der Waals surface area contributed by atoms with Gasteiger partial charge in [-0.1, -0.05) is 24.6 Å². The molecule has 0 radical (unpaired) electrons. The fourth-order valence-electron chi connectivity index (χ4n) is 6.33. The van der Waals surface area contributed by atoms with E-state index in [1.807, 2.05) is 31.3 Å². The summed E-state index contributed by atoms with van der Waals surface area (Å²) in [5.41, 5.74) is 4.32. The van der Waals surface area contributed by atoms with E-state index in [4.69, 9.17) is 0 Å². The number of amides is 1. The summed E-state index contributed by atoms with van der Waals surface area (Å²) in [7, 11) is 3.20. The van der Waals surface area contributed by atoms with Crippen LogP contribution in [0.2, 0.25) is 0 Å². The number of hydrogen-bond acceptors (Lipinski definition) is 5. The van der Waals surface area contributed by atoms with Crippen molar-refractivity contribution in [1.82, 2.24) is 14.8 Å². The van der Waals surface area contributed by atoms with Crippen molar-refractivity contribution in [3.05, 3.63) is 84.1 Å². The van der Waals surface area contributed by atoms with Crippen LogP contribution in [0.1, 0.15) is 36.8 Å². The molecule has 8 heteroatoms. The predicted octanol–water partition coefficient (Wildman–Crippen LogP) is 5.93. The molecule has 2 heterocycles. The molecule has 2 aliphatic rings. The molecule has 2 saturated carbocycles. The number of hydrogen-bond donors (Lipinski definition) is 0. The second kappa shape index (κ2) is 10.7. The maximum Gasteiger partial charge on any atom is 0.330 e. The van der Waals surface area contributed by atoms with Crippen LogP contribution in [0.3, 0.4) is 0 Å². The van der Waals surface area contributed by atoms with Crippen molar-refractivity contribution in [1.29, 1.82) is 0 Å². The van der Waals surface area contributed by atoms with Crippen molar-refractivity contribution in [3.8, 4) is 11.1 Å². The molecule has 2 bridgehead atoms. The molecule has 0 aliphatic heterocycles. The Bertz CT molecular complexity index is 1630. The third-order valence-electron chi connectivity index (χ3n) is 8.45. The van der Waals surface area contributed by atoms with Gasteiger partial charge in [0.1, 0.15) is 5.82 Å². The Morgan fingerprint density at radius 3 is 2.65 bits per heavy atom. The molecule has 0 unspecified atom stereocenters. The number of carbonyl (C=O) groups is 2. The van der Waals surface area contributed by atoms with Gasteiger partial charge in [0.15, 0.2) is 0 Å². The monoisotopic (exact) mass is 538 g/mol. The Kier molecular flexibility index (Phi) is 6.92. The Balaban J connectivity index is 1.31. The highest BCUT2D eigenvalue weighted by Gasteiger charge is 2.44. The molecular weight excluding hydrogens is 507 g/mol. The molecule has 2 aromatic heterocycles. The lowest BCUT2D eigenvalue weighted by atomic mass is 9.87. The topological polar surface area (TPSA) is 77.3 Å². The van der Waals surface area contributed by atoms with E-state index in [-0.39, 0.29) is 24.2 Å². The van der Waals surface area contributed by atoms with Crippen LogP contribution in [0, 0.1) is 23.6 Å². The quantitative estimate of drug-likeness (QED) is 0.215. The molecule has 7 nitrogen and oxygen atoms in total. The first-order valence-corrected chi connectivity index (χ1v) is 13.6. The van der Waals surface area contributed by atoms with Gasteiger partial charge in [0.2, 0.25) is 5.91 Å². The zero-order valence-electron chi connectivity index (χ0n) is 22.6. The third-order valence-corrected chi connectivity index (χ3v) is 8.45. The number of pyridine rings is 1. The van der Waals surface area contributed by atoms with E-state index in [0.717, 1.165) is 41.3 Å². The first-order chi connectivity index (χ1) is 19.4. The van der Waals surface area contributed by atoms with Crippen LogP contribution in [0.5, 0.6) is 0 Å². The molecule has 1 amide bonds. The fourth-order valence-corrected chi connectivity index (χ4v) is 6.33. The van der Waals surface area contributed by atoms with E-state index in [9.17, 15) is 9.59 Å². The summed E-state index contributed by atoms with van der Waals surface area (Å²) in [5.74, 6) is 0.0657. The van der Waals surface area contributed by atoms with Crippen LogP contribution in [-0.4, -0.2) is 33.8 Å². The molecule has 204 valence electrons. The zero-order chi connectivity index (χ0) is 27.8. The number of carbonyl (C=O) groups excluding carboxylic acids is 2. The number of aryl methyl sites for hydroxylation is 1. The van der Waals surface area contributed by atoms with Gasteiger partial charge in [-0.3, -0.25) is 14.5 Å². The minimum atomic E-state index is -0.481. The lowest BCUT2D eigenvalue weighted by molar-refractivity contribution is -0.134. The average Bonchev–Trinajstić information content (AvgIpc) is 3.71. The predicted molar refractivity (Wildman–Crippen MR) is 152 cm³/mol. The van der Waals surface area contributed by atoms with E-state index in [1.165, 1.54) is 25.7 Å². The number of methoxy groups -OCH3 is 1. The van der Waals surface area contributed by atoms with Crippen LogP contribution in [0.15, 0.2) is 67.1 Å². The number of anilines is 1. The largest absolute Gasteiger partial charge is 0.466 e. The molecule has 0 N–H and O–H groups in total. The van der Waals surface area contributed by atoms with Crippen LogP contribution < -0.4 is 4.90 Å². The SMILES string of the molecule is COC(=O)/C=C/c1cncc(N(Cc2ccc(-c3ccc4c(cnn4C)c3)cc2F)C(=O)[C@@H]2C[C@@H]3CC[C@H]2C3)c1. The van der Waals surface area contributed by atoms with Gasteiger partial charge in [0.25, 0.3) is 0 Å². The van der Waals surface area contributed by atoms with Gasteiger partial charge in [-0.05, 0) is 78.1 Å². The number of ether oxygens (including phenoxy) is 1. The molecule has 3 atom stereocenters. The molecule has 0 saturated heterocycles. The Labute approximate surface area is 232 Å². The van der Waals surface area contributed by atoms with Crippen molar-refractivity contribution in [2.75, 3.05) is 12.0 Å². The Hall–Kier alpha value is -4.33. The molecule has 6 rings (SSSR count). The summed E-state index contributed by atoms with van der Waals surface area (Å²) in [4.78, 5) is 31.5. The highest BCUT2D eigenvalue weighted by molar-refractivity contribution is 5.96. The first-order valence-electron chi connectivity index (χ1n) is 13.6. The fraction of sp³-hybridized carbons (Fsp3) is 0.312. The smallest absolute Gasteiger partial charge is 0.330 e. The number of rotatable bonds is 7.